The van der Waals surface area contributed by atoms with E-state index in [4.69, 9.17) is 9.47 Å². The number of carbonyl (C=O) groups excluding carboxylic acids is 1. The molecule has 30 heavy (non-hydrogen) atoms. The Morgan fingerprint density at radius 3 is 2.43 bits per heavy atom. The lowest BCUT2D eigenvalue weighted by atomic mass is 9.95. The van der Waals surface area contributed by atoms with Gasteiger partial charge in [0.15, 0.2) is 17.5 Å². The van der Waals surface area contributed by atoms with E-state index < -0.39 is 0 Å². The largest absolute Gasteiger partial charge is 0.493 e. The molecule has 0 spiro atoms. The summed E-state index contributed by atoms with van der Waals surface area (Å²) in [6.45, 7) is 4.54. The molecule has 0 atom stereocenters. The Morgan fingerprint density at radius 2 is 1.80 bits per heavy atom. The molecule has 0 saturated heterocycles. The molecule has 7 nitrogen and oxygen atoms in total. The highest BCUT2D eigenvalue weighted by Crippen LogP contribution is 2.33. The number of aliphatic imine (C=N–C) groups is 1. The Morgan fingerprint density at radius 1 is 1.13 bits per heavy atom. The minimum atomic E-state index is 0. The maximum absolute atomic E-state index is 12.4. The van der Waals surface area contributed by atoms with Crippen LogP contribution in [0.15, 0.2) is 17.1 Å². The van der Waals surface area contributed by atoms with Crippen LogP contribution >= 0.6 is 24.0 Å². The smallest absolute Gasteiger partial charge is 0.242 e. The number of rotatable bonds is 6. The number of halogens is 1. The van der Waals surface area contributed by atoms with Crippen molar-refractivity contribution in [2.75, 3.05) is 33.9 Å². The molecule has 2 aliphatic rings. The summed E-state index contributed by atoms with van der Waals surface area (Å²) in [7, 11) is 3.31. The van der Waals surface area contributed by atoms with Crippen molar-refractivity contribution in [3.63, 3.8) is 0 Å². The highest BCUT2D eigenvalue weighted by molar-refractivity contribution is 14.0. The molecule has 1 aromatic rings. The van der Waals surface area contributed by atoms with Gasteiger partial charge in [-0.15, -0.1) is 24.0 Å². The fourth-order valence-corrected chi connectivity index (χ4v) is 4.16. The molecule has 3 rings (SSSR count). The summed E-state index contributed by atoms with van der Waals surface area (Å²) in [5, 5.41) is 6.47. The van der Waals surface area contributed by atoms with Gasteiger partial charge >= 0.3 is 0 Å². The second kappa shape index (κ2) is 12.2. The summed E-state index contributed by atoms with van der Waals surface area (Å²) >= 11 is 0. The van der Waals surface area contributed by atoms with E-state index in [1.807, 2.05) is 13.0 Å². The van der Waals surface area contributed by atoms with E-state index in [-0.39, 0.29) is 36.4 Å². The number of nitrogens with one attached hydrogen (secondary N) is 2. The first kappa shape index (κ1) is 24.6. The summed E-state index contributed by atoms with van der Waals surface area (Å²) in [6.07, 6.45) is 6.76. The summed E-state index contributed by atoms with van der Waals surface area (Å²) in [4.78, 5) is 19.2. The summed E-state index contributed by atoms with van der Waals surface area (Å²) in [5.74, 6) is 2.30. The maximum Gasteiger partial charge on any atom is 0.242 e. The average molecular weight is 530 g/mol. The number of benzene rings is 1. The Bertz CT molecular complexity index is 735. The van der Waals surface area contributed by atoms with E-state index in [1.54, 1.807) is 14.2 Å². The number of hydrogen-bond acceptors (Lipinski definition) is 4. The number of guanidine groups is 1. The normalized spacial score (nSPS) is 16.9. The molecule has 1 saturated carbocycles. The van der Waals surface area contributed by atoms with Crippen LogP contribution in [0.5, 0.6) is 11.5 Å². The maximum atomic E-state index is 12.4. The SMILES string of the molecule is CCNC(=NCC(=O)NC1CCCCC1)N1CCc2cc(OC)c(OC)cc2C1.I. The van der Waals surface area contributed by atoms with Gasteiger partial charge in [0, 0.05) is 25.7 Å². The molecule has 0 bridgehead atoms. The predicted molar refractivity (Wildman–Crippen MR) is 130 cm³/mol. The molecule has 0 radical (unpaired) electrons. The molecule has 0 aromatic heterocycles. The van der Waals surface area contributed by atoms with Gasteiger partial charge in [-0.1, -0.05) is 19.3 Å². The number of fused-ring (bicyclic) bond motifs is 1. The third kappa shape index (κ3) is 6.39. The Labute approximate surface area is 197 Å². The number of hydrogen-bond donors (Lipinski definition) is 2. The van der Waals surface area contributed by atoms with Crippen LogP contribution in [0.4, 0.5) is 0 Å². The molecule has 0 unspecified atom stereocenters. The van der Waals surface area contributed by atoms with Gasteiger partial charge in [0.1, 0.15) is 6.54 Å². The number of carbonyl (C=O) groups is 1. The Balaban J connectivity index is 0.00000320. The minimum Gasteiger partial charge on any atom is -0.493 e. The van der Waals surface area contributed by atoms with E-state index in [9.17, 15) is 4.79 Å². The van der Waals surface area contributed by atoms with Crippen molar-refractivity contribution in [3.05, 3.63) is 23.3 Å². The molecular formula is C22H35IN4O3. The molecule has 1 aliphatic heterocycles. The molecule has 1 amide bonds. The van der Waals surface area contributed by atoms with Crippen molar-refractivity contribution in [2.45, 2.75) is 58.0 Å². The van der Waals surface area contributed by atoms with Crippen molar-refractivity contribution >= 4 is 35.8 Å². The van der Waals surface area contributed by atoms with E-state index in [1.165, 1.54) is 30.4 Å². The van der Waals surface area contributed by atoms with Crippen LogP contribution in [-0.2, 0) is 17.8 Å². The van der Waals surface area contributed by atoms with Gasteiger partial charge in [-0.3, -0.25) is 4.79 Å². The standard InChI is InChI=1S/C22H34N4O3.HI/c1-4-23-22(24-14-21(27)25-18-8-6-5-7-9-18)26-11-10-16-12-19(28-2)20(29-3)13-17(16)15-26;/h12-13,18H,4-11,14-15H2,1-3H3,(H,23,24)(H,25,27);1H. The molecule has 1 heterocycles. The van der Waals surface area contributed by atoms with Crippen LogP contribution in [0.2, 0.25) is 0 Å². The predicted octanol–water partition coefficient (Wildman–Crippen LogP) is 3.09. The zero-order valence-corrected chi connectivity index (χ0v) is 20.7. The lowest BCUT2D eigenvalue weighted by molar-refractivity contribution is -0.120. The van der Waals surface area contributed by atoms with Crippen molar-refractivity contribution < 1.29 is 14.3 Å². The first-order valence-corrected chi connectivity index (χ1v) is 10.7. The third-order valence-electron chi connectivity index (χ3n) is 5.70. The van der Waals surface area contributed by atoms with Crippen LogP contribution < -0.4 is 20.1 Å². The number of amides is 1. The van der Waals surface area contributed by atoms with Crippen molar-refractivity contribution in [1.29, 1.82) is 0 Å². The van der Waals surface area contributed by atoms with Gasteiger partial charge < -0.3 is 25.0 Å². The number of nitrogens with zero attached hydrogens (tertiary/aromatic N) is 2. The number of methoxy groups -OCH3 is 2. The van der Waals surface area contributed by atoms with Crippen molar-refractivity contribution in [1.82, 2.24) is 15.5 Å². The Kier molecular flexibility index (Phi) is 10.0. The van der Waals surface area contributed by atoms with Gasteiger partial charge in [-0.2, -0.15) is 0 Å². The fourth-order valence-electron chi connectivity index (χ4n) is 4.16. The van der Waals surface area contributed by atoms with Gasteiger partial charge in [-0.05, 0) is 49.4 Å². The summed E-state index contributed by atoms with van der Waals surface area (Å²) in [5.41, 5.74) is 2.47. The van der Waals surface area contributed by atoms with E-state index >= 15 is 0 Å². The molecular weight excluding hydrogens is 495 g/mol. The molecule has 1 aliphatic carbocycles. The monoisotopic (exact) mass is 530 g/mol. The zero-order chi connectivity index (χ0) is 20.6. The quantitative estimate of drug-likeness (QED) is 0.336. The average Bonchev–Trinajstić information content (AvgIpc) is 2.75. The molecule has 2 N–H and O–H groups in total. The zero-order valence-electron chi connectivity index (χ0n) is 18.3. The van der Waals surface area contributed by atoms with Gasteiger partial charge in [0.25, 0.3) is 0 Å². The second-order valence-corrected chi connectivity index (χ2v) is 7.72. The topological polar surface area (TPSA) is 75.2 Å². The van der Waals surface area contributed by atoms with Crippen LogP contribution in [-0.4, -0.2) is 56.7 Å². The molecule has 168 valence electrons. The van der Waals surface area contributed by atoms with E-state index in [2.05, 4.69) is 26.6 Å². The Hall–Kier alpha value is -1.71. The lowest BCUT2D eigenvalue weighted by Crippen LogP contribution is -2.45. The molecule has 1 aromatic carbocycles. The van der Waals surface area contributed by atoms with Crippen LogP contribution in [0.1, 0.15) is 50.2 Å². The first-order valence-electron chi connectivity index (χ1n) is 10.7. The fraction of sp³-hybridized carbons (Fsp3) is 0.636. The van der Waals surface area contributed by atoms with Crippen molar-refractivity contribution in [2.24, 2.45) is 4.99 Å². The number of ether oxygens (including phenoxy) is 2. The summed E-state index contributed by atoms with van der Waals surface area (Å²) < 4.78 is 10.9. The highest BCUT2D eigenvalue weighted by Gasteiger charge is 2.22. The second-order valence-electron chi connectivity index (χ2n) is 7.72. The van der Waals surface area contributed by atoms with Crippen LogP contribution in [0.3, 0.4) is 0 Å². The third-order valence-corrected chi connectivity index (χ3v) is 5.70. The van der Waals surface area contributed by atoms with E-state index in [0.717, 1.165) is 56.4 Å². The van der Waals surface area contributed by atoms with Gasteiger partial charge in [-0.25, -0.2) is 4.99 Å². The minimum absolute atomic E-state index is 0. The summed E-state index contributed by atoms with van der Waals surface area (Å²) in [6, 6.07) is 4.42. The van der Waals surface area contributed by atoms with Crippen LogP contribution in [0, 0.1) is 0 Å². The van der Waals surface area contributed by atoms with E-state index in [0.29, 0.717) is 6.04 Å². The van der Waals surface area contributed by atoms with Gasteiger partial charge in [0.2, 0.25) is 5.91 Å². The molecule has 1 fully saturated rings. The lowest BCUT2D eigenvalue weighted by Gasteiger charge is -2.32. The van der Waals surface area contributed by atoms with Crippen LogP contribution in [0.25, 0.3) is 0 Å². The van der Waals surface area contributed by atoms with Crippen molar-refractivity contribution in [3.8, 4) is 11.5 Å². The highest BCUT2D eigenvalue weighted by atomic mass is 127. The first-order chi connectivity index (χ1) is 14.1. The molecule has 8 heteroatoms. The van der Waals surface area contributed by atoms with Gasteiger partial charge in [0.05, 0.1) is 14.2 Å².